The lowest BCUT2D eigenvalue weighted by Crippen LogP contribution is -2.43. The molecular weight excluding hydrogens is 453 g/mol. The Morgan fingerprint density at radius 1 is 1.00 bits per heavy atom. The summed E-state index contributed by atoms with van der Waals surface area (Å²) in [6.07, 6.45) is 0.611. The van der Waals surface area contributed by atoms with Crippen molar-refractivity contribution in [2.75, 3.05) is 7.11 Å². The molecule has 3 aromatic carbocycles. The van der Waals surface area contributed by atoms with Crippen molar-refractivity contribution in [3.05, 3.63) is 81.4 Å². The maximum absolute atomic E-state index is 12.5. The average Bonchev–Trinajstić information content (AvgIpc) is 2.68. The van der Waals surface area contributed by atoms with E-state index in [1.807, 2.05) is 66.7 Å². The highest BCUT2D eigenvalue weighted by atomic mass is 127. The molecule has 1 amide bonds. The summed E-state index contributed by atoms with van der Waals surface area (Å²) >= 11 is 2.22. The average molecular weight is 473 g/mol. The molecule has 0 aliphatic heterocycles. The van der Waals surface area contributed by atoms with Crippen molar-refractivity contribution in [1.82, 2.24) is 5.32 Å². The van der Waals surface area contributed by atoms with Crippen LogP contribution < -0.4 is 5.32 Å². The minimum Gasteiger partial charge on any atom is -0.467 e. The molecule has 0 saturated heterocycles. The lowest BCUT2D eigenvalue weighted by molar-refractivity contribution is -0.145. The molecule has 0 radical (unpaired) electrons. The van der Waals surface area contributed by atoms with Gasteiger partial charge in [0, 0.05) is 9.99 Å². The molecule has 0 heterocycles. The van der Waals surface area contributed by atoms with E-state index in [9.17, 15) is 9.59 Å². The van der Waals surface area contributed by atoms with Crippen LogP contribution in [0.4, 0.5) is 0 Å². The predicted octanol–water partition coefficient (Wildman–Crippen LogP) is 3.89. The van der Waals surface area contributed by atoms with Crippen LogP contribution in [-0.2, 0) is 27.2 Å². The van der Waals surface area contributed by atoms with Gasteiger partial charge in [0.05, 0.1) is 13.5 Å². The summed E-state index contributed by atoms with van der Waals surface area (Å²) < 4.78 is 5.93. The topological polar surface area (TPSA) is 55.4 Å². The van der Waals surface area contributed by atoms with Crippen LogP contribution in [0.5, 0.6) is 0 Å². The number of ether oxygens (including phenoxy) is 1. The Morgan fingerprint density at radius 3 is 2.44 bits per heavy atom. The normalized spacial score (nSPS) is 11.8. The van der Waals surface area contributed by atoms with Gasteiger partial charge >= 0.3 is 5.97 Å². The minimum atomic E-state index is -0.709. The quantitative estimate of drug-likeness (QED) is 0.437. The number of carbonyl (C=O) groups is 2. The molecule has 0 aliphatic rings. The highest BCUT2D eigenvalue weighted by Gasteiger charge is 2.22. The standard InChI is InChI=1S/C22H20INO3/c1-27-22(26)20(14-18-8-4-5-9-19(18)23)24-21(25)13-15-10-11-16-6-2-3-7-17(16)12-15/h2-12,20H,13-14H2,1H3,(H,24,25)/t20-/m1/s1. The van der Waals surface area contributed by atoms with Crippen molar-refractivity contribution in [2.45, 2.75) is 18.9 Å². The molecule has 0 saturated carbocycles. The number of hydrogen-bond donors (Lipinski definition) is 1. The number of halogens is 1. The molecule has 0 spiro atoms. The zero-order valence-corrected chi connectivity index (χ0v) is 17.1. The van der Waals surface area contributed by atoms with Crippen LogP contribution in [-0.4, -0.2) is 25.0 Å². The first-order chi connectivity index (χ1) is 13.1. The van der Waals surface area contributed by atoms with Gasteiger partial charge in [-0.2, -0.15) is 0 Å². The van der Waals surface area contributed by atoms with Gasteiger partial charge in [-0.05, 0) is 50.6 Å². The summed E-state index contributed by atoms with van der Waals surface area (Å²) in [7, 11) is 1.33. The molecule has 3 rings (SSSR count). The Kier molecular flexibility index (Phi) is 6.45. The Morgan fingerprint density at radius 2 is 1.70 bits per heavy atom. The van der Waals surface area contributed by atoms with E-state index in [1.54, 1.807) is 0 Å². The molecule has 0 bridgehead atoms. The molecule has 0 unspecified atom stereocenters. The first kappa shape index (κ1) is 19.4. The number of esters is 1. The highest BCUT2D eigenvalue weighted by molar-refractivity contribution is 14.1. The van der Waals surface area contributed by atoms with E-state index < -0.39 is 12.0 Å². The van der Waals surface area contributed by atoms with Gasteiger partial charge in [0.15, 0.2) is 0 Å². The number of fused-ring (bicyclic) bond motifs is 1. The monoisotopic (exact) mass is 473 g/mol. The van der Waals surface area contributed by atoms with Crippen LogP contribution in [0, 0.1) is 3.57 Å². The SMILES string of the molecule is COC(=O)[C@@H](Cc1ccccc1I)NC(=O)Cc1ccc2ccccc2c1. The smallest absolute Gasteiger partial charge is 0.328 e. The van der Waals surface area contributed by atoms with E-state index in [4.69, 9.17) is 4.74 Å². The van der Waals surface area contributed by atoms with Crippen LogP contribution in [0.15, 0.2) is 66.7 Å². The summed E-state index contributed by atoms with van der Waals surface area (Å²) in [6.45, 7) is 0. The Balaban J connectivity index is 1.71. The summed E-state index contributed by atoms with van der Waals surface area (Å²) in [5, 5.41) is 5.04. The molecule has 4 nitrogen and oxygen atoms in total. The van der Waals surface area contributed by atoms with E-state index in [1.165, 1.54) is 7.11 Å². The molecule has 1 N–H and O–H groups in total. The summed E-state index contributed by atoms with van der Waals surface area (Å²) in [5.41, 5.74) is 1.91. The van der Waals surface area contributed by atoms with Crippen molar-refractivity contribution in [1.29, 1.82) is 0 Å². The minimum absolute atomic E-state index is 0.202. The third-order valence-corrected chi connectivity index (χ3v) is 5.43. The van der Waals surface area contributed by atoms with Crippen molar-refractivity contribution >= 4 is 45.2 Å². The summed E-state index contributed by atoms with van der Waals surface area (Å²) in [4.78, 5) is 24.7. The molecule has 138 valence electrons. The molecule has 3 aromatic rings. The molecule has 0 fully saturated rings. The second-order valence-electron chi connectivity index (χ2n) is 6.30. The first-order valence-electron chi connectivity index (χ1n) is 8.65. The van der Waals surface area contributed by atoms with Crippen LogP contribution in [0.3, 0.4) is 0 Å². The Bertz CT molecular complexity index is 970. The van der Waals surface area contributed by atoms with E-state index >= 15 is 0 Å². The first-order valence-corrected chi connectivity index (χ1v) is 9.73. The van der Waals surface area contributed by atoms with Crippen molar-refractivity contribution in [3.8, 4) is 0 Å². The molecular formula is C22H20INO3. The van der Waals surface area contributed by atoms with Crippen LogP contribution >= 0.6 is 22.6 Å². The lowest BCUT2D eigenvalue weighted by Gasteiger charge is -2.17. The number of amides is 1. The van der Waals surface area contributed by atoms with Gasteiger partial charge in [-0.1, -0.05) is 60.7 Å². The largest absolute Gasteiger partial charge is 0.467 e. The molecule has 5 heteroatoms. The predicted molar refractivity (Wildman–Crippen MR) is 114 cm³/mol. The third-order valence-electron chi connectivity index (χ3n) is 4.38. The van der Waals surface area contributed by atoms with Crippen molar-refractivity contribution < 1.29 is 14.3 Å². The number of carbonyl (C=O) groups excluding carboxylic acids is 2. The Labute approximate surface area is 172 Å². The summed E-state index contributed by atoms with van der Waals surface area (Å²) in [6, 6.07) is 21.0. The van der Waals surface area contributed by atoms with E-state index in [2.05, 4.69) is 27.9 Å². The second-order valence-corrected chi connectivity index (χ2v) is 7.46. The molecule has 27 heavy (non-hydrogen) atoms. The fourth-order valence-corrected chi connectivity index (χ4v) is 3.61. The van der Waals surface area contributed by atoms with Crippen LogP contribution in [0.25, 0.3) is 10.8 Å². The fraction of sp³-hybridized carbons (Fsp3) is 0.182. The maximum atomic E-state index is 12.5. The fourth-order valence-electron chi connectivity index (χ4n) is 3.00. The van der Waals surface area contributed by atoms with E-state index in [-0.39, 0.29) is 12.3 Å². The number of nitrogens with one attached hydrogen (secondary N) is 1. The van der Waals surface area contributed by atoms with Gasteiger partial charge in [-0.15, -0.1) is 0 Å². The van der Waals surface area contributed by atoms with Crippen molar-refractivity contribution in [3.63, 3.8) is 0 Å². The zero-order chi connectivity index (χ0) is 19.2. The van der Waals surface area contributed by atoms with Crippen molar-refractivity contribution in [2.24, 2.45) is 0 Å². The zero-order valence-electron chi connectivity index (χ0n) is 14.9. The number of benzene rings is 3. The molecule has 0 aromatic heterocycles. The number of rotatable bonds is 6. The van der Waals surface area contributed by atoms with Gasteiger partial charge in [0.25, 0.3) is 0 Å². The highest BCUT2D eigenvalue weighted by Crippen LogP contribution is 2.17. The second kappa shape index (κ2) is 8.99. The molecule has 1 atom stereocenters. The number of hydrogen-bond acceptors (Lipinski definition) is 3. The summed E-state index contributed by atoms with van der Waals surface area (Å²) in [5.74, 6) is -0.645. The molecule has 0 aliphatic carbocycles. The van der Waals surface area contributed by atoms with Crippen LogP contribution in [0.1, 0.15) is 11.1 Å². The van der Waals surface area contributed by atoms with Gasteiger partial charge in [0.1, 0.15) is 6.04 Å². The third kappa shape index (κ3) is 5.07. The maximum Gasteiger partial charge on any atom is 0.328 e. The van der Waals surface area contributed by atoms with E-state index in [0.717, 1.165) is 25.5 Å². The van der Waals surface area contributed by atoms with E-state index in [0.29, 0.717) is 6.42 Å². The number of methoxy groups -OCH3 is 1. The van der Waals surface area contributed by atoms with Gasteiger partial charge in [0.2, 0.25) is 5.91 Å². The van der Waals surface area contributed by atoms with Gasteiger partial charge in [-0.25, -0.2) is 4.79 Å². The van der Waals surface area contributed by atoms with Crippen LogP contribution in [0.2, 0.25) is 0 Å². The van der Waals surface area contributed by atoms with Gasteiger partial charge in [-0.3, -0.25) is 4.79 Å². The lowest BCUT2D eigenvalue weighted by atomic mass is 10.0. The Hall–Kier alpha value is -2.41. The van der Waals surface area contributed by atoms with Gasteiger partial charge < -0.3 is 10.1 Å².